The van der Waals surface area contributed by atoms with Crippen LogP contribution in [-0.4, -0.2) is 30.3 Å². The van der Waals surface area contributed by atoms with Crippen LogP contribution in [0.3, 0.4) is 0 Å². The van der Waals surface area contributed by atoms with Gasteiger partial charge in [-0.25, -0.2) is 9.50 Å². The molecule has 5 aromatic rings. The quantitative estimate of drug-likeness (QED) is 0.409. The van der Waals surface area contributed by atoms with Gasteiger partial charge in [0.15, 0.2) is 11.3 Å². The number of carbonyl (C=O) groups is 1. The molecule has 0 bridgehead atoms. The van der Waals surface area contributed by atoms with Gasteiger partial charge >= 0.3 is 6.18 Å². The summed E-state index contributed by atoms with van der Waals surface area (Å²) >= 11 is 0. The maximum Gasteiger partial charge on any atom is 0.433 e. The molecule has 0 unspecified atom stereocenters. The van der Waals surface area contributed by atoms with Crippen LogP contribution in [-0.2, 0) is 19.3 Å². The van der Waals surface area contributed by atoms with Crippen molar-refractivity contribution in [3.63, 3.8) is 0 Å². The minimum Gasteiger partial charge on any atom is -0.348 e. The number of hydrogen-bond acceptors (Lipinski definition) is 4. The molecular formula is C24H19F3N6O. The van der Waals surface area contributed by atoms with E-state index in [1.54, 1.807) is 29.2 Å². The Labute approximate surface area is 191 Å². The third-order valence-electron chi connectivity index (χ3n) is 5.54. The second kappa shape index (κ2) is 8.29. The van der Waals surface area contributed by atoms with Crippen molar-refractivity contribution in [2.24, 2.45) is 0 Å². The fraction of sp³-hybridized carbons (Fsp3) is 0.167. The van der Waals surface area contributed by atoms with Crippen LogP contribution >= 0.6 is 0 Å². The first kappa shape index (κ1) is 21.6. The second-order valence-electron chi connectivity index (χ2n) is 7.73. The molecule has 1 amide bonds. The molecule has 3 heterocycles. The number of nitrogens with zero attached hydrogens (tertiary/aromatic N) is 5. The lowest BCUT2D eigenvalue weighted by molar-refractivity contribution is -0.142. The highest BCUT2D eigenvalue weighted by molar-refractivity contribution is 6.00. The Morgan fingerprint density at radius 1 is 1.06 bits per heavy atom. The van der Waals surface area contributed by atoms with Gasteiger partial charge in [-0.3, -0.25) is 9.48 Å². The number of rotatable bonds is 5. The third-order valence-corrected chi connectivity index (χ3v) is 5.54. The smallest absolute Gasteiger partial charge is 0.348 e. The lowest BCUT2D eigenvalue weighted by Gasteiger charge is -2.13. The largest absolute Gasteiger partial charge is 0.433 e. The molecule has 0 aliphatic rings. The van der Waals surface area contributed by atoms with E-state index < -0.39 is 17.8 Å². The average molecular weight is 464 g/mol. The van der Waals surface area contributed by atoms with Crippen molar-refractivity contribution in [3.8, 4) is 11.3 Å². The van der Waals surface area contributed by atoms with Crippen LogP contribution in [0.4, 0.5) is 13.2 Å². The van der Waals surface area contributed by atoms with E-state index in [1.165, 1.54) is 0 Å². The summed E-state index contributed by atoms with van der Waals surface area (Å²) in [6.45, 7) is 2.79. The maximum absolute atomic E-state index is 13.9. The summed E-state index contributed by atoms with van der Waals surface area (Å²) in [6, 6.07) is 13.7. The average Bonchev–Trinajstić information content (AvgIpc) is 3.48. The molecular weight excluding hydrogens is 445 g/mol. The number of hydrogen-bond donors (Lipinski definition) is 1. The highest BCUT2D eigenvalue weighted by Gasteiger charge is 2.36. The van der Waals surface area contributed by atoms with Crippen LogP contribution in [0.5, 0.6) is 0 Å². The molecule has 10 heteroatoms. The van der Waals surface area contributed by atoms with Gasteiger partial charge in [-0.05, 0) is 23.8 Å². The number of amides is 1. The minimum absolute atomic E-state index is 0.0459. The molecule has 0 fully saturated rings. The molecule has 172 valence electrons. The van der Waals surface area contributed by atoms with Gasteiger partial charge in [0.25, 0.3) is 5.91 Å². The van der Waals surface area contributed by atoms with E-state index in [9.17, 15) is 18.0 Å². The van der Waals surface area contributed by atoms with Crippen molar-refractivity contribution in [2.45, 2.75) is 26.2 Å². The fourth-order valence-electron chi connectivity index (χ4n) is 3.86. The molecule has 0 saturated heterocycles. The molecule has 0 atom stereocenters. The summed E-state index contributed by atoms with van der Waals surface area (Å²) in [7, 11) is 0. The number of aryl methyl sites for hydroxylation is 1. The zero-order valence-electron chi connectivity index (χ0n) is 18.0. The highest BCUT2D eigenvalue weighted by atomic mass is 19.4. The van der Waals surface area contributed by atoms with E-state index in [-0.39, 0.29) is 23.4 Å². The molecule has 0 spiro atoms. The Kier molecular flexibility index (Phi) is 5.27. The number of halogens is 3. The minimum atomic E-state index is -4.70. The van der Waals surface area contributed by atoms with Gasteiger partial charge in [0, 0.05) is 30.4 Å². The van der Waals surface area contributed by atoms with Gasteiger partial charge in [-0.1, -0.05) is 42.5 Å². The number of benzene rings is 2. The van der Waals surface area contributed by atoms with Crippen molar-refractivity contribution in [3.05, 3.63) is 83.9 Å². The van der Waals surface area contributed by atoms with Crippen molar-refractivity contribution < 1.29 is 18.0 Å². The van der Waals surface area contributed by atoms with E-state index in [0.29, 0.717) is 16.6 Å². The number of fused-ring (bicyclic) bond motifs is 2. The normalized spacial score (nSPS) is 11.9. The standard InChI is InChI=1S/C24H19F3N6O/c1-2-32-14-15(12-29-32)11-28-23(34)19-13-30-33-21(24(25,26)27)10-20(31-22(19)33)18-9-5-7-16-6-3-4-8-17(16)18/h3-10,12-14H,2,11H2,1H3,(H,28,34). The fourth-order valence-corrected chi connectivity index (χ4v) is 3.86. The molecule has 7 nitrogen and oxygen atoms in total. The topological polar surface area (TPSA) is 77.1 Å². The van der Waals surface area contributed by atoms with E-state index in [4.69, 9.17) is 0 Å². The molecule has 34 heavy (non-hydrogen) atoms. The Bertz CT molecular complexity index is 1510. The Balaban J connectivity index is 1.60. The van der Waals surface area contributed by atoms with Gasteiger partial charge in [-0.2, -0.15) is 23.4 Å². The summed E-state index contributed by atoms with van der Waals surface area (Å²) in [5, 5.41) is 12.3. The van der Waals surface area contributed by atoms with Gasteiger partial charge in [0.05, 0.1) is 18.1 Å². The third kappa shape index (κ3) is 3.87. The van der Waals surface area contributed by atoms with E-state index in [1.807, 2.05) is 37.3 Å². The molecule has 0 radical (unpaired) electrons. The van der Waals surface area contributed by atoms with Gasteiger partial charge in [-0.15, -0.1) is 0 Å². The lowest BCUT2D eigenvalue weighted by atomic mass is 10.0. The summed E-state index contributed by atoms with van der Waals surface area (Å²) < 4.78 is 44.2. The number of aromatic nitrogens is 5. The van der Waals surface area contributed by atoms with Crippen molar-refractivity contribution in [1.29, 1.82) is 0 Å². The van der Waals surface area contributed by atoms with Gasteiger partial charge in [0.2, 0.25) is 0 Å². The van der Waals surface area contributed by atoms with Crippen LogP contribution < -0.4 is 5.32 Å². The Morgan fingerprint density at radius 3 is 2.62 bits per heavy atom. The SMILES string of the molecule is CCn1cc(CNC(=O)c2cnn3c(C(F)(F)F)cc(-c4cccc5ccccc45)nc23)cn1. The van der Waals surface area contributed by atoms with E-state index in [0.717, 1.165) is 28.6 Å². The van der Waals surface area contributed by atoms with Crippen molar-refractivity contribution >= 4 is 22.3 Å². The molecule has 5 rings (SSSR count). The summed E-state index contributed by atoms with van der Waals surface area (Å²) in [6.07, 6.45) is -0.183. The van der Waals surface area contributed by atoms with Crippen molar-refractivity contribution in [2.75, 3.05) is 0 Å². The molecule has 0 saturated carbocycles. The monoisotopic (exact) mass is 464 g/mol. The molecule has 2 aromatic carbocycles. The summed E-state index contributed by atoms with van der Waals surface area (Å²) in [4.78, 5) is 17.3. The van der Waals surface area contributed by atoms with Crippen LogP contribution in [0.1, 0.15) is 28.5 Å². The highest BCUT2D eigenvalue weighted by Crippen LogP contribution is 2.34. The number of carbonyl (C=O) groups excluding carboxylic acids is 1. The molecule has 0 aliphatic carbocycles. The van der Waals surface area contributed by atoms with Crippen LogP contribution in [0, 0.1) is 0 Å². The molecule has 1 N–H and O–H groups in total. The maximum atomic E-state index is 13.9. The number of alkyl halides is 3. The summed E-state index contributed by atoms with van der Waals surface area (Å²) in [5.41, 5.74) is 0.187. The van der Waals surface area contributed by atoms with Crippen molar-refractivity contribution in [1.82, 2.24) is 29.7 Å². The lowest BCUT2D eigenvalue weighted by Crippen LogP contribution is -2.23. The van der Waals surface area contributed by atoms with Crippen LogP contribution in [0.2, 0.25) is 0 Å². The molecule has 0 aliphatic heterocycles. The zero-order chi connectivity index (χ0) is 23.9. The first-order valence-electron chi connectivity index (χ1n) is 10.6. The predicted octanol–water partition coefficient (Wildman–Crippen LogP) is 4.71. The number of nitrogens with one attached hydrogen (secondary N) is 1. The predicted molar refractivity (Wildman–Crippen MR) is 120 cm³/mol. The first-order valence-corrected chi connectivity index (χ1v) is 10.6. The van der Waals surface area contributed by atoms with Crippen LogP contribution in [0.15, 0.2) is 67.1 Å². The zero-order valence-corrected chi connectivity index (χ0v) is 18.0. The second-order valence-corrected chi connectivity index (χ2v) is 7.73. The summed E-state index contributed by atoms with van der Waals surface area (Å²) in [5.74, 6) is -0.574. The first-order chi connectivity index (χ1) is 16.3. The van der Waals surface area contributed by atoms with Gasteiger partial charge in [0.1, 0.15) is 5.56 Å². The van der Waals surface area contributed by atoms with E-state index in [2.05, 4.69) is 20.5 Å². The Hall–Kier alpha value is -4.21. The van der Waals surface area contributed by atoms with E-state index >= 15 is 0 Å². The molecule has 3 aromatic heterocycles. The Morgan fingerprint density at radius 2 is 1.85 bits per heavy atom. The van der Waals surface area contributed by atoms with Crippen LogP contribution in [0.25, 0.3) is 27.7 Å². The van der Waals surface area contributed by atoms with Gasteiger partial charge < -0.3 is 5.32 Å².